The van der Waals surface area contributed by atoms with Crippen LogP contribution in [-0.4, -0.2) is 11.7 Å². The average molecular weight is 830 g/mol. The number of rotatable bonds is 7. The number of thiophene rings is 1. The average Bonchev–Trinajstić information content (AvgIpc) is 3.85. The number of nitrogens with zero attached hydrogens (tertiary/aromatic N) is 2. The molecule has 2 aliphatic rings. The Kier molecular flexibility index (Phi) is 10.2. The number of benzene rings is 7. The van der Waals surface area contributed by atoms with Crippen molar-refractivity contribution < 1.29 is 4.42 Å². The van der Waals surface area contributed by atoms with Crippen LogP contribution in [0.3, 0.4) is 0 Å². The zero-order valence-electron chi connectivity index (χ0n) is 34.6. The lowest BCUT2D eigenvalue weighted by Crippen LogP contribution is -2.20. The minimum Gasteiger partial charge on any atom is -0.456 e. The fourth-order valence-corrected chi connectivity index (χ4v) is 10.1. The molecule has 0 amide bonds. The van der Waals surface area contributed by atoms with E-state index < -0.39 is 0 Å². The number of allylic oxidation sites excluding steroid dienone is 4. The Labute approximate surface area is 370 Å². The minimum absolute atomic E-state index is 0.192. The number of hydrogen-bond acceptors (Lipinski definition) is 3. The molecule has 2 aliphatic carbocycles. The molecular weight excluding hydrogens is 787 g/mol. The van der Waals surface area contributed by atoms with E-state index >= 15 is 0 Å². The van der Waals surface area contributed by atoms with Crippen LogP contribution in [0.2, 0.25) is 0 Å². The van der Waals surface area contributed by atoms with Crippen LogP contribution >= 0.6 is 11.3 Å². The second kappa shape index (κ2) is 16.7. The van der Waals surface area contributed by atoms with Crippen molar-refractivity contribution in [3.8, 4) is 33.4 Å². The SMILES string of the molecule is NC(=NC(=NCc1cccc2sc3ccc(-c4cccc(-c5ccc(-c6ccccc6)cc5)c4)cc3c12)c1ccccc1)C1=C/C=C/C2C=c3oc4ccccc4c3=CC(/C=C\1)C2. The van der Waals surface area contributed by atoms with Crippen molar-refractivity contribution in [2.24, 2.45) is 27.6 Å². The highest BCUT2D eigenvalue weighted by Crippen LogP contribution is 2.39. The molecule has 302 valence electrons. The molecule has 2 N–H and O–H groups in total. The first-order chi connectivity index (χ1) is 31.1. The van der Waals surface area contributed by atoms with E-state index in [1.165, 1.54) is 53.6 Å². The summed E-state index contributed by atoms with van der Waals surface area (Å²) in [5.74, 6) is 1.43. The lowest BCUT2D eigenvalue weighted by molar-refractivity contribution is 0.569. The maximum absolute atomic E-state index is 6.91. The van der Waals surface area contributed by atoms with Crippen molar-refractivity contribution in [1.82, 2.24) is 0 Å². The maximum Gasteiger partial charge on any atom is 0.157 e. The summed E-state index contributed by atoms with van der Waals surface area (Å²) in [5, 5.41) is 4.76. The third kappa shape index (κ3) is 7.80. The summed E-state index contributed by atoms with van der Waals surface area (Å²) in [5.41, 5.74) is 18.9. The first-order valence-electron chi connectivity index (χ1n) is 21.5. The molecule has 2 unspecified atom stereocenters. The number of amidine groups is 2. The van der Waals surface area contributed by atoms with Crippen LogP contribution in [0.25, 0.3) is 76.7 Å². The fraction of sp³-hybridized carbons (Fsp3) is 0.0690. The summed E-state index contributed by atoms with van der Waals surface area (Å²) in [6.07, 6.45) is 16.2. The largest absolute Gasteiger partial charge is 0.456 e. The minimum atomic E-state index is 0.192. The van der Waals surface area contributed by atoms with E-state index in [1.807, 2.05) is 53.8 Å². The molecule has 0 spiro atoms. The Balaban J connectivity index is 0.912. The van der Waals surface area contributed by atoms with E-state index in [9.17, 15) is 0 Å². The molecule has 0 aliphatic heterocycles. The van der Waals surface area contributed by atoms with Crippen LogP contribution in [0.15, 0.2) is 220 Å². The van der Waals surface area contributed by atoms with Crippen LogP contribution in [-0.2, 0) is 6.54 Å². The van der Waals surface area contributed by atoms with E-state index in [0.717, 1.165) is 44.7 Å². The quantitative estimate of drug-likeness (QED) is 0.128. The molecule has 0 saturated heterocycles. The van der Waals surface area contributed by atoms with E-state index in [0.29, 0.717) is 18.2 Å². The molecule has 2 atom stereocenters. The lowest BCUT2D eigenvalue weighted by atomic mass is 9.94. The van der Waals surface area contributed by atoms with Gasteiger partial charge in [-0.05, 0) is 93.6 Å². The molecule has 0 fully saturated rings. The van der Waals surface area contributed by atoms with Gasteiger partial charge in [-0.25, -0.2) is 4.99 Å². The summed E-state index contributed by atoms with van der Waals surface area (Å²) < 4.78 is 8.77. The molecule has 0 saturated carbocycles. The molecule has 7 aromatic carbocycles. The van der Waals surface area contributed by atoms with Crippen molar-refractivity contribution in [3.63, 3.8) is 0 Å². The highest BCUT2D eigenvalue weighted by molar-refractivity contribution is 7.25. The number of furan rings is 1. The van der Waals surface area contributed by atoms with Gasteiger partial charge in [-0.2, -0.15) is 0 Å². The molecule has 63 heavy (non-hydrogen) atoms. The van der Waals surface area contributed by atoms with Gasteiger partial charge in [0.1, 0.15) is 16.8 Å². The number of nitrogens with two attached hydrogens (primary N) is 1. The monoisotopic (exact) mass is 829 g/mol. The Hall–Kier alpha value is -7.60. The third-order valence-corrected chi connectivity index (χ3v) is 13.3. The molecule has 4 nitrogen and oxygen atoms in total. The van der Waals surface area contributed by atoms with E-state index in [1.54, 1.807) is 0 Å². The van der Waals surface area contributed by atoms with Gasteiger partial charge in [-0.3, -0.25) is 4.99 Å². The molecule has 2 heterocycles. The zero-order valence-corrected chi connectivity index (χ0v) is 35.4. The van der Waals surface area contributed by atoms with Crippen molar-refractivity contribution in [2.75, 3.05) is 0 Å². The molecule has 9 aromatic rings. The van der Waals surface area contributed by atoms with E-state index in [-0.39, 0.29) is 11.8 Å². The van der Waals surface area contributed by atoms with Gasteiger partial charge in [-0.1, -0.05) is 176 Å². The second-order valence-corrected chi connectivity index (χ2v) is 17.4. The molecule has 2 bridgehead atoms. The van der Waals surface area contributed by atoms with Crippen LogP contribution in [0.5, 0.6) is 0 Å². The van der Waals surface area contributed by atoms with Gasteiger partial charge >= 0.3 is 0 Å². The number of hydrogen-bond donors (Lipinski definition) is 1. The summed E-state index contributed by atoms with van der Waals surface area (Å²) in [4.78, 5) is 10.3. The number of para-hydroxylation sites is 1. The van der Waals surface area contributed by atoms with Gasteiger partial charge in [-0.15, -0.1) is 11.3 Å². The van der Waals surface area contributed by atoms with E-state index in [4.69, 9.17) is 20.1 Å². The highest BCUT2D eigenvalue weighted by atomic mass is 32.1. The Morgan fingerprint density at radius 3 is 2.11 bits per heavy atom. The van der Waals surface area contributed by atoms with E-state index in [2.05, 4.69) is 170 Å². The summed E-state index contributed by atoms with van der Waals surface area (Å²) >= 11 is 1.82. The van der Waals surface area contributed by atoms with Gasteiger partial charge in [0.2, 0.25) is 0 Å². The van der Waals surface area contributed by atoms with Crippen LogP contribution in [0, 0.1) is 11.8 Å². The summed E-state index contributed by atoms with van der Waals surface area (Å²) in [6, 6.07) is 60.0. The predicted molar refractivity (Wildman–Crippen MR) is 266 cm³/mol. The van der Waals surface area contributed by atoms with Gasteiger partial charge < -0.3 is 10.2 Å². The maximum atomic E-state index is 6.91. The third-order valence-electron chi connectivity index (χ3n) is 12.2. The Morgan fingerprint density at radius 2 is 1.27 bits per heavy atom. The Bertz CT molecular complexity index is 3460. The van der Waals surface area contributed by atoms with Crippen molar-refractivity contribution in [1.29, 1.82) is 0 Å². The predicted octanol–water partition coefficient (Wildman–Crippen LogP) is 13.1. The first kappa shape index (κ1) is 38.3. The molecular formula is C58H43N3OS. The zero-order chi connectivity index (χ0) is 42.1. The molecule has 5 heteroatoms. The standard InChI is InChI=1S/C58H43N3OS/c59-57(43-17-9-12-38-32-39(24-25-43)33-50-49-21-7-8-22-52(49)62-53(50)34-38)61-58(44-15-5-2-6-16-44)60-37-48-20-11-23-55-56(48)51-36-47(30-31-54(51)63-55)46-19-10-18-45(35-46)42-28-26-41(27-29-42)40-13-3-1-4-14-40/h1-31,33-36,38-39H,32,37H2,(H2,59,60,61)/b12-9+,25-24-,43-17+. The van der Waals surface area contributed by atoms with Crippen molar-refractivity contribution in [2.45, 2.75) is 13.0 Å². The van der Waals surface area contributed by atoms with Gasteiger partial charge in [0.15, 0.2) is 5.84 Å². The van der Waals surface area contributed by atoms with Crippen LogP contribution < -0.4 is 16.4 Å². The number of aliphatic imine (C=N–C) groups is 2. The van der Waals surface area contributed by atoms with Crippen LogP contribution in [0.4, 0.5) is 0 Å². The Morgan fingerprint density at radius 1 is 0.603 bits per heavy atom. The second-order valence-electron chi connectivity index (χ2n) is 16.3. The topological polar surface area (TPSA) is 63.9 Å². The van der Waals surface area contributed by atoms with Crippen molar-refractivity contribution >= 4 is 66.3 Å². The van der Waals surface area contributed by atoms with Gasteiger partial charge in [0.05, 0.1) is 6.54 Å². The molecule has 0 radical (unpaired) electrons. The summed E-state index contributed by atoms with van der Waals surface area (Å²) in [6.45, 7) is 0.452. The molecule has 11 rings (SSSR count). The first-order valence-corrected chi connectivity index (χ1v) is 22.3. The highest BCUT2D eigenvalue weighted by Gasteiger charge is 2.17. The van der Waals surface area contributed by atoms with Gasteiger partial charge in [0.25, 0.3) is 0 Å². The molecule has 2 aromatic heterocycles. The van der Waals surface area contributed by atoms with Crippen molar-refractivity contribution in [3.05, 3.63) is 228 Å². The summed E-state index contributed by atoms with van der Waals surface area (Å²) in [7, 11) is 0. The van der Waals surface area contributed by atoms with Gasteiger partial charge in [0, 0.05) is 41.9 Å². The smallest absolute Gasteiger partial charge is 0.157 e. The number of fused-ring (bicyclic) bond motifs is 8. The lowest BCUT2D eigenvalue weighted by Gasteiger charge is -2.10. The van der Waals surface area contributed by atoms with Crippen LogP contribution in [0.1, 0.15) is 17.5 Å². The normalized spacial score (nSPS) is 18.3. The fourth-order valence-electron chi connectivity index (χ4n) is 8.96.